The molecule has 3 aliphatic heterocycles. The van der Waals surface area contributed by atoms with E-state index < -0.39 is 6.04 Å². The summed E-state index contributed by atoms with van der Waals surface area (Å²) in [5, 5.41) is 2.35. The largest absolute Gasteiger partial charge is 0.330 e. The molecule has 7 heteroatoms. The van der Waals surface area contributed by atoms with E-state index in [1.54, 1.807) is 4.90 Å². The zero-order valence-electron chi connectivity index (χ0n) is 16.7. The van der Waals surface area contributed by atoms with Crippen LogP contribution in [0.3, 0.4) is 0 Å². The van der Waals surface area contributed by atoms with E-state index in [0.717, 1.165) is 44.1 Å². The Hall–Kier alpha value is -2.25. The highest BCUT2D eigenvalue weighted by Crippen LogP contribution is 2.54. The van der Waals surface area contributed by atoms with Crippen molar-refractivity contribution in [2.75, 3.05) is 19.6 Å². The second-order valence-corrected chi connectivity index (χ2v) is 9.20. The van der Waals surface area contributed by atoms with E-state index in [1.165, 1.54) is 18.4 Å². The fraction of sp³-hybridized carbons (Fsp3) is 0.591. The maximum atomic E-state index is 12.8. The summed E-state index contributed by atoms with van der Waals surface area (Å²) in [4.78, 5) is 40.6. The zero-order valence-corrected chi connectivity index (χ0v) is 16.7. The van der Waals surface area contributed by atoms with Crippen LogP contribution in [0.4, 0.5) is 0 Å². The Morgan fingerprint density at radius 2 is 2.07 bits per heavy atom. The minimum absolute atomic E-state index is 0.109. The summed E-state index contributed by atoms with van der Waals surface area (Å²) in [5.74, 6) is 0.0530. The normalized spacial score (nSPS) is 31.5. The lowest BCUT2D eigenvalue weighted by Crippen LogP contribution is -2.52. The van der Waals surface area contributed by atoms with Crippen molar-refractivity contribution in [3.63, 3.8) is 0 Å². The number of fused-ring (bicyclic) bond motifs is 2. The Labute approximate surface area is 170 Å². The van der Waals surface area contributed by atoms with Gasteiger partial charge in [0, 0.05) is 38.2 Å². The molecule has 3 fully saturated rings. The van der Waals surface area contributed by atoms with E-state index in [4.69, 9.17) is 5.73 Å². The van der Waals surface area contributed by atoms with Crippen molar-refractivity contribution in [1.29, 1.82) is 0 Å². The lowest BCUT2D eigenvalue weighted by atomic mass is 9.60. The van der Waals surface area contributed by atoms with Crippen LogP contribution in [-0.4, -0.2) is 53.2 Å². The van der Waals surface area contributed by atoms with Crippen LogP contribution in [0.15, 0.2) is 18.2 Å². The second kappa shape index (κ2) is 6.92. The van der Waals surface area contributed by atoms with E-state index in [2.05, 4.69) is 16.3 Å². The van der Waals surface area contributed by atoms with Gasteiger partial charge in [-0.1, -0.05) is 12.1 Å². The molecule has 1 aromatic rings. The fourth-order valence-corrected chi connectivity index (χ4v) is 5.87. The number of amides is 3. The van der Waals surface area contributed by atoms with Gasteiger partial charge in [0.05, 0.1) is 0 Å². The Kier molecular flexibility index (Phi) is 4.47. The zero-order chi connectivity index (χ0) is 20.2. The second-order valence-electron chi connectivity index (χ2n) is 9.20. The summed E-state index contributed by atoms with van der Waals surface area (Å²) >= 11 is 0. The fourth-order valence-electron chi connectivity index (χ4n) is 5.87. The molecule has 0 bridgehead atoms. The molecule has 0 aromatic heterocycles. The van der Waals surface area contributed by atoms with Gasteiger partial charge in [0.2, 0.25) is 11.8 Å². The number of carbonyl (C=O) groups excluding carboxylic acids is 3. The van der Waals surface area contributed by atoms with Gasteiger partial charge in [-0.15, -0.1) is 0 Å². The molecule has 4 aliphatic rings. The van der Waals surface area contributed by atoms with Crippen LogP contribution in [0.1, 0.15) is 53.6 Å². The van der Waals surface area contributed by atoms with Gasteiger partial charge >= 0.3 is 0 Å². The summed E-state index contributed by atoms with van der Waals surface area (Å²) < 4.78 is 0. The smallest absolute Gasteiger partial charge is 0.255 e. The molecule has 3 N–H and O–H groups in total. The van der Waals surface area contributed by atoms with Gasteiger partial charge in [-0.25, -0.2) is 0 Å². The van der Waals surface area contributed by atoms with E-state index in [0.29, 0.717) is 23.9 Å². The van der Waals surface area contributed by atoms with Gasteiger partial charge in [-0.2, -0.15) is 0 Å². The Balaban J connectivity index is 1.28. The highest BCUT2D eigenvalue weighted by atomic mass is 16.2. The number of carbonyl (C=O) groups is 3. The predicted molar refractivity (Wildman–Crippen MR) is 107 cm³/mol. The van der Waals surface area contributed by atoms with Crippen LogP contribution in [-0.2, 0) is 22.7 Å². The number of benzene rings is 1. The number of rotatable bonds is 5. The SMILES string of the molecule is NCCC12CCC1CN(Cc1ccc3c(c1)CN(C1CCC(=O)NC1=O)C3=O)C2. The Morgan fingerprint density at radius 3 is 2.79 bits per heavy atom. The van der Waals surface area contributed by atoms with Crippen LogP contribution in [0.25, 0.3) is 0 Å². The minimum Gasteiger partial charge on any atom is -0.330 e. The van der Waals surface area contributed by atoms with Crippen molar-refractivity contribution in [1.82, 2.24) is 15.1 Å². The van der Waals surface area contributed by atoms with Gasteiger partial charge < -0.3 is 10.6 Å². The molecule has 1 aliphatic carbocycles. The van der Waals surface area contributed by atoms with Crippen LogP contribution < -0.4 is 11.1 Å². The van der Waals surface area contributed by atoms with Crippen molar-refractivity contribution in [3.05, 3.63) is 34.9 Å². The van der Waals surface area contributed by atoms with Crippen LogP contribution >= 0.6 is 0 Å². The first kappa shape index (κ1) is 18.8. The summed E-state index contributed by atoms with van der Waals surface area (Å²) in [6.45, 7) is 4.35. The standard InChI is InChI=1S/C22H28N4O3/c23-8-7-22-6-5-16(22)12-25(13-22)10-14-1-2-17-15(9-14)11-26(21(17)29)18-3-4-19(27)24-20(18)28/h1-2,9,16,18H,3-8,10-13,23H2,(H,24,27,28). The monoisotopic (exact) mass is 396 g/mol. The molecule has 3 unspecified atom stereocenters. The molecular formula is C22H28N4O3. The number of imide groups is 1. The van der Waals surface area contributed by atoms with Crippen LogP contribution in [0.2, 0.25) is 0 Å². The minimum atomic E-state index is -0.554. The average Bonchev–Trinajstić information content (AvgIpc) is 3.11. The van der Waals surface area contributed by atoms with Gasteiger partial charge in [0.25, 0.3) is 5.91 Å². The van der Waals surface area contributed by atoms with E-state index in [1.807, 2.05) is 12.1 Å². The Bertz CT molecular complexity index is 885. The first-order chi connectivity index (χ1) is 14.0. The van der Waals surface area contributed by atoms with Crippen molar-refractivity contribution in [3.8, 4) is 0 Å². The third-order valence-electron chi connectivity index (χ3n) is 7.51. The summed E-state index contributed by atoms with van der Waals surface area (Å²) in [6, 6.07) is 5.51. The number of nitrogens with two attached hydrogens (primary N) is 1. The molecule has 3 atom stereocenters. The van der Waals surface area contributed by atoms with Crippen molar-refractivity contribution in [2.45, 2.75) is 51.2 Å². The van der Waals surface area contributed by atoms with Gasteiger partial charge in [-0.05, 0) is 60.8 Å². The Morgan fingerprint density at radius 1 is 1.21 bits per heavy atom. The number of nitrogens with zero attached hydrogens (tertiary/aromatic N) is 2. The molecule has 3 heterocycles. The lowest BCUT2D eigenvalue weighted by Gasteiger charge is -2.44. The molecule has 1 saturated carbocycles. The molecule has 0 spiro atoms. The summed E-state index contributed by atoms with van der Waals surface area (Å²) in [7, 11) is 0. The third-order valence-corrected chi connectivity index (χ3v) is 7.51. The van der Waals surface area contributed by atoms with Crippen LogP contribution in [0.5, 0.6) is 0 Å². The quantitative estimate of drug-likeness (QED) is 0.724. The molecular weight excluding hydrogens is 368 g/mol. The predicted octanol–water partition coefficient (Wildman–Crippen LogP) is 1.01. The molecule has 3 amide bonds. The maximum absolute atomic E-state index is 12.8. The van der Waals surface area contributed by atoms with E-state index >= 15 is 0 Å². The first-order valence-electron chi connectivity index (χ1n) is 10.7. The van der Waals surface area contributed by atoms with Gasteiger partial charge in [0.1, 0.15) is 6.04 Å². The van der Waals surface area contributed by atoms with Crippen LogP contribution in [0, 0.1) is 11.3 Å². The maximum Gasteiger partial charge on any atom is 0.255 e. The first-order valence-corrected chi connectivity index (χ1v) is 10.7. The van der Waals surface area contributed by atoms with Gasteiger partial charge in [-0.3, -0.25) is 24.6 Å². The number of hydrogen-bond donors (Lipinski definition) is 2. The number of hydrogen-bond acceptors (Lipinski definition) is 5. The molecule has 2 saturated heterocycles. The molecule has 0 radical (unpaired) electrons. The topological polar surface area (TPSA) is 95.7 Å². The molecule has 7 nitrogen and oxygen atoms in total. The van der Waals surface area contributed by atoms with E-state index in [9.17, 15) is 14.4 Å². The number of likely N-dealkylation sites (tertiary alicyclic amines) is 1. The van der Waals surface area contributed by atoms with Crippen molar-refractivity contribution in [2.24, 2.45) is 17.1 Å². The van der Waals surface area contributed by atoms with Crippen molar-refractivity contribution >= 4 is 17.7 Å². The molecule has 154 valence electrons. The molecule has 1 aromatic carbocycles. The number of piperidine rings is 1. The van der Waals surface area contributed by atoms with Gasteiger partial charge in [0.15, 0.2) is 0 Å². The number of nitrogens with one attached hydrogen (secondary N) is 1. The van der Waals surface area contributed by atoms with Crippen molar-refractivity contribution < 1.29 is 14.4 Å². The molecule has 5 rings (SSSR count). The highest BCUT2D eigenvalue weighted by Gasteiger charge is 2.51. The molecule has 29 heavy (non-hydrogen) atoms. The van der Waals surface area contributed by atoms with E-state index in [-0.39, 0.29) is 24.1 Å². The third kappa shape index (κ3) is 3.07. The highest BCUT2D eigenvalue weighted by molar-refractivity contribution is 6.05. The lowest BCUT2D eigenvalue weighted by molar-refractivity contribution is -0.136. The summed E-state index contributed by atoms with van der Waals surface area (Å²) in [5.41, 5.74) is 9.16. The summed E-state index contributed by atoms with van der Waals surface area (Å²) in [6.07, 6.45) is 4.41. The average molecular weight is 396 g/mol.